The van der Waals surface area contributed by atoms with Gasteiger partial charge in [0.15, 0.2) is 0 Å². The number of benzene rings is 4. The fourth-order valence-electron chi connectivity index (χ4n) is 5.64. The van der Waals surface area contributed by atoms with E-state index in [1.165, 1.54) is 33.4 Å². The van der Waals surface area contributed by atoms with Gasteiger partial charge in [-0.05, 0) is 89.9 Å². The number of fused-ring (bicyclic) bond motifs is 3. The number of rotatable bonds is 4. The molecule has 0 radical (unpaired) electrons. The Balaban J connectivity index is 1.71. The van der Waals surface area contributed by atoms with E-state index in [4.69, 9.17) is 1.37 Å². The second-order valence-electron chi connectivity index (χ2n) is 11.5. The molecule has 1 heteroatoms. The first kappa shape index (κ1) is 22.2. The molecule has 0 heterocycles. The first-order chi connectivity index (χ1) is 16.9. The summed E-state index contributed by atoms with van der Waals surface area (Å²) in [5, 5.41) is 0. The van der Waals surface area contributed by atoms with Crippen LogP contribution in [0.5, 0.6) is 0 Å². The van der Waals surface area contributed by atoms with Crippen molar-refractivity contribution in [2.24, 2.45) is 0 Å². The summed E-state index contributed by atoms with van der Waals surface area (Å²) >= 11 is 0. The lowest BCUT2D eigenvalue weighted by Crippen LogP contribution is -2.38. The summed E-state index contributed by atoms with van der Waals surface area (Å²) in [5.41, 5.74) is 10.7. The minimum atomic E-state index is -0.750. The van der Waals surface area contributed by atoms with E-state index < -0.39 is 5.89 Å². The number of hydrogen-bond donors (Lipinski definition) is 0. The van der Waals surface area contributed by atoms with Gasteiger partial charge in [-0.3, -0.25) is 0 Å². The zero-order chi connectivity index (χ0) is 25.9. The van der Waals surface area contributed by atoms with Crippen molar-refractivity contribution < 1.29 is 1.37 Å². The summed E-state index contributed by atoms with van der Waals surface area (Å²) < 4.78 is 9.14. The predicted molar refractivity (Wildman–Crippen MR) is 152 cm³/mol. The monoisotopic (exact) mass is 460 g/mol. The zero-order valence-corrected chi connectivity index (χ0v) is 22.1. The molecule has 4 aromatic rings. The molecule has 0 aromatic heterocycles. The van der Waals surface area contributed by atoms with E-state index in [2.05, 4.69) is 131 Å². The average molecular weight is 461 g/mol. The lowest BCUT2D eigenvalue weighted by molar-refractivity contribution is 0.556. The minimum absolute atomic E-state index is 0.0912. The van der Waals surface area contributed by atoms with Crippen LogP contribution in [0.25, 0.3) is 22.3 Å². The SMILES string of the molecule is [2H]C(C)(C)c1cc2c(cc1N(c1ccc(-c3ccccc3)cc1)C(C)(C)C)C(C)(C)c1ccccc1-2. The molecule has 0 amide bonds. The Morgan fingerprint density at radius 1 is 0.714 bits per heavy atom. The van der Waals surface area contributed by atoms with Crippen LogP contribution >= 0.6 is 0 Å². The molecule has 1 aliphatic carbocycles. The van der Waals surface area contributed by atoms with Crippen molar-refractivity contribution in [1.29, 1.82) is 0 Å². The molecule has 0 saturated carbocycles. The number of hydrogen-bond acceptors (Lipinski definition) is 1. The molecule has 0 spiro atoms. The van der Waals surface area contributed by atoms with E-state index in [0.717, 1.165) is 16.9 Å². The highest BCUT2D eigenvalue weighted by molar-refractivity contribution is 5.85. The van der Waals surface area contributed by atoms with Gasteiger partial charge in [0.2, 0.25) is 0 Å². The molecule has 178 valence electrons. The average Bonchev–Trinajstić information content (AvgIpc) is 3.05. The van der Waals surface area contributed by atoms with Gasteiger partial charge < -0.3 is 4.90 Å². The molecule has 5 rings (SSSR count). The van der Waals surface area contributed by atoms with E-state index in [9.17, 15) is 0 Å². The highest BCUT2D eigenvalue weighted by Gasteiger charge is 2.37. The number of anilines is 2. The molecule has 35 heavy (non-hydrogen) atoms. The normalized spacial score (nSPS) is 14.8. The molecule has 0 aliphatic heterocycles. The summed E-state index contributed by atoms with van der Waals surface area (Å²) in [6.07, 6.45) is 0. The molecule has 1 nitrogen and oxygen atoms in total. The molecule has 0 fully saturated rings. The molecule has 1 aliphatic rings. The van der Waals surface area contributed by atoms with E-state index in [-0.39, 0.29) is 11.0 Å². The highest BCUT2D eigenvalue weighted by Crippen LogP contribution is 2.52. The van der Waals surface area contributed by atoms with Crippen molar-refractivity contribution in [2.45, 2.75) is 65.3 Å². The Morgan fingerprint density at radius 2 is 1.31 bits per heavy atom. The van der Waals surface area contributed by atoms with Gasteiger partial charge in [-0.25, -0.2) is 0 Å². The van der Waals surface area contributed by atoms with Crippen LogP contribution in [-0.4, -0.2) is 5.54 Å². The third-order valence-corrected chi connectivity index (χ3v) is 7.38. The summed E-state index contributed by atoms with van der Waals surface area (Å²) in [6, 6.07) is 32.8. The molecule has 0 bridgehead atoms. The van der Waals surface area contributed by atoms with Crippen molar-refractivity contribution in [3.8, 4) is 22.3 Å². The van der Waals surface area contributed by atoms with Crippen LogP contribution in [0.4, 0.5) is 11.4 Å². The van der Waals surface area contributed by atoms with Crippen molar-refractivity contribution >= 4 is 11.4 Å². The third kappa shape index (κ3) is 3.97. The molecule has 0 atom stereocenters. The molecule has 0 N–H and O–H groups in total. The lowest BCUT2D eigenvalue weighted by atomic mass is 9.81. The molecule has 4 aromatic carbocycles. The first-order valence-electron chi connectivity index (χ1n) is 13.1. The minimum Gasteiger partial charge on any atom is -0.336 e. The Hall–Kier alpha value is -3.32. The van der Waals surface area contributed by atoms with Gasteiger partial charge in [0.1, 0.15) is 0 Å². The first-order valence-corrected chi connectivity index (χ1v) is 12.6. The largest absolute Gasteiger partial charge is 0.336 e. The van der Waals surface area contributed by atoms with Gasteiger partial charge in [0.25, 0.3) is 0 Å². The Kier molecular flexibility index (Phi) is 5.33. The van der Waals surface area contributed by atoms with Crippen LogP contribution < -0.4 is 4.90 Å². The van der Waals surface area contributed by atoms with Gasteiger partial charge in [0.05, 0.1) is 0 Å². The van der Waals surface area contributed by atoms with Crippen LogP contribution in [0.3, 0.4) is 0 Å². The second kappa shape index (κ2) is 8.41. The van der Waals surface area contributed by atoms with Gasteiger partial charge in [-0.2, -0.15) is 0 Å². The maximum absolute atomic E-state index is 9.14. The fourth-order valence-corrected chi connectivity index (χ4v) is 5.64. The van der Waals surface area contributed by atoms with Crippen LogP contribution in [0.15, 0.2) is 91.0 Å². The van der Waals surface area contributed by atoms with Crippen LogP contribution in [0.1, 0.15) is 72.4 Å². The smallest absolute Gasteiger partial charge is 0.0454 e. The van der Waals surface area contributed by atoms with Gasteiger partial charge in [0, 0.05) is 23.7 Å². The van der Waals surface area contributed by atoms with E-state index in [1.807, 2.05) is 13.8 Å². The van der Waals surface area contributed by atoms with Gasteiger partial charge in [-0.1, -0.05) is 94.4 Å². The summed E-state index contributed by atoms with van der Waals surface area (Å²) in [6.45, 7) is 15.4. The van der Waals surface area contributed by atoms with Crippen molar-refractivity contribution in [3.63, 3.8) is 0 Å². The quantitative estimate of drug-likeness (QED) is 0.293. The highest BCUT2D eigenvalue weighted by atomic mass is 15.2. The fraction of sp³-hybridized carbons (Fsp3) is 0.294. The Labute approximate surface area is 212 Å². The summed E-state index contributed by atoms with van der Waals surface area (Å²) in [5.74, 6) is -0.750. The van der Waals surface area contributed by atoms with Crippen molar-refractivity contribution in [2.75, 3.05) is 4.90 Å². The zero-order valence-electron chi connectivity index (χ0n) is 23.1. The Bertz CT molecular complexity index is 1400. The topological polar surface area (TPSA) is 3.24 Å². The summed E-state index contributed by atoms with van der Waals surface area (Å²) in [7, 11) is 0. The van der Waals surface area contributed by atoms with E-state index in [1.54, 1.807) is 0 Å². The van der Waals surface area contributed by atoms with Crippen molar-refractivity contribution in [3.05, 3.63) is 108 Å². The Morgan fingerprint density at radius 3 is 1.94 bits per heavy atom. The van der Waals surface area contributed by atoms with Gasteiger partial charge >= 0.3 is 0 Å². The third-order valence-electron chi connectivity index (χ3n) is 7.38. The molecular formula is C34H37N. The second-order valence-corrected chi connectivity index (χ2v) is 11.5. The molecular weight excluding hydrogens is 422 g/mol. The summed E-state index contributed by atoms with van der Waals surface area (Å²) in [4.78, 5) is 2.42. The number of nitrogens with zero attached hydrogens (tertiary/aromatic N) is 1. The standard InChI is InChI=1S/C34H37N/c1-23(2)28-21-29-27-15-11-12-16-30(27)34(6,7)31(29)22-32(28)35(33(3,4)5)26-19-17-25(18-20-26)24-13-9-8-10-14-24/h8-23H,1-7H3/i23D. The van der Waals surface area contributed by atoms with Crippen LogP contribution in [-0.2, 0) is 5.41 Å². The van der Waals surface area contributed by atoms with Crippen LogP contribution in [0, 0.1) is 0 Å². The van der Waals surface area contributed by atoms with E-state index >= 15 is 0 Å². The molecule has 0 saturated heterocycles. The van der Waals surface area contributed by atoms with Gasteiger partial charge in [-0.15, -0.1) is 0 Å². The predicted octanol–water partition coefficient (Wildman–Crippen LogP) is 9.72. The molecule has 0 unspecified atom stereocenters. The maximum Gasteiger partial charge on any atom is 0.0454 e. The van der Waals surface area contributed by atoms with Crippen LogP contribution in [0.2, 0.25) is 0 Å². The lowest BCUT2D eigenvalue weighted by Gasteiger charge is -2.40. The maximum atomic E-state index is 9.14. The van der Waals surface area contributed by atoms with Crippen molar-refractivity contribution in [1.82, 2.24) is 0 Å². The van der Waals surface area contributed by atoms with E-state index in [0.29, 0.717) is 0 Å².